The van der Waals surface area contributed by atoms with Crippen molar-refractivity contribution in [3.63, 3.8) is 0 Å². The summed E-state index contributed by atoms with van der Waals surface area (Å²) in [5.41, 5.74) is 1.74. The highest BCUT2D eigenvalue weighted by Crippen LogP contribution is 2.18. The summed E-state index contributed by atoms with van der Waals surface area (Å²) in [4.78, 5) is 0. The van der Waals surface area contributed by atoms with E-state index in [1.807, 2.05) is 13.0 Å². The smallest absolute Gasteiger partial charge is 0.423 e. The van der Waals surface area contributed by atoms with Crippen LogP contribution in [0.4, 0.5) is 0 Å². The Balaban J connectivity index is 2.79. The first-order valence-corrected chi connectivity index (χ1v) is 3.44. The van der Waals surface area contributed by atoms with Crippen molar-refractivity contribution in [2.45, 2.75) is 19.8 Å². The van der Waals surface area contributed by atoms with E-state index in [0.29, 0.717) is 5.47 Å². The Labute approximate surface area is 61.0 Å². The molecule has 0 heterocycles. The second kappa shape index (κ2) is 3.04. The Hall–Kier alpha value is -0.535. The molecule has 3 heteroatoms. The molecule has 0 unspecified atom stereocenters. The zero-order valence-electron chi connectivity index (χ0n) is 6.04. The molecule has 0 fully saturated rings. The van der Waals surface area contributed by atoms with Crippen molar-refractivity contribution in [3.05, 3.63) is 23.2 Å². The molecule has 0 atom stereocenters. The quantitative estimate of drug-likeness (QED) is 0.522. The van der Waals surface area contributed by atoms with E-state index in [1.54, 1.807) is 6.08 Å². The van der Waals surface area contributed by atoms with Crippen LogP contribution in [0.2, 0.25) is 0 Å². The van der Waals surface area contributed by atoms with Crippen LogP contribution in [-0.2, 0) is 0 Å². The Morgan fingerprint density at radius 2 is 2.20 bits per heavy atom. The van der Waals surface area contributed by atoms with Crippen molar-refractivity contribution >= 4 is 7.12 Å². The van der Waals surface area contributed by atoms with Gasteiger partial charge in [-0.1, -0.05) is 17.7 Å². The van der Waals surface area contributed by atoms with E-state index in [-0.39, 0.29) is 0 Å². The summed E-state index contributed by atoms with van der Waals surface area (Å²) in [6, 6.07) is 0. The molecule has 0 aromatic heterocycles. The Morgan fingerprint density at radius 3 is 2.60 bits per heavy atom. The Kier molecular flexibility index (Phi) is 2.30. The first-order valence-electron chi connectivity index (χ1n) is 3.44. The summed E-state index contributed by atoms with van der Waals surface area (Å²) in [5, 5.41) is 17.6. The van der Waals surface area contributed by atoms with Crippen LogP contribution in [0.5, 0.6) is 0 Å². The van der Waals surface area contributed by atoms with Crippen molar-refractivity contribution in [2.75, 3.05) is 0 Å². The van der Waals surface area contributed by atoms with E-state index in [9.17, 15) is 0 Å². The van der Waals surface area contributed by atoms with Crippen LogP contribution in [0.1, 0.15) is 19.8 Å². The molecule has 2 N–H and O–H groups in total. The largest absolute Gasteiger partial charge is 0.488 e. The van der Waals surface area contributed by atoms with Gasteiger partial charge < -0.3 is 10.0 Å². The van der Waals surface area contributed by atoms with Crippen LogP contribution in [0, 0.1) is 0 Å². The lowest BCUT2D eigenvalue weighted by Crippen LogP contribution is -2.16. The third kappa shape index (κ3) is 1.49. The standard InChI is InChI=1S/C7H11BO2/c1-6-4-2-3-5-7(6)8(9)10/h3,5,9-10H,2,4H2,1H3. The maximum atomic E-state index is 8.79. The summed E-state index contributed by atoms with van der Waals surface area (Å²) >= 11 is 0. The van der Waals surface area contributed by atoms with E-state index in [1.165, 1.54) is 0 Å². The van der Waals surface area contributed by atoms with E-state index in [4.69, 9.17) is 10.0 Å². The van der Waals surface area contributed by atoms with Crippen LogP contribution < -0.4 is 0 Å². The van der Waals surface area contributed by atoms with Crippen LogP contribution >= 0.6 is 0 Å². The van der Waals surface area contributed by atoms with Gasteiger partial charge in [-0.15, -0.1) is 0 Å². The van der Waals surface area contributed by atoms with Gasteiger partial charge in [0.2, 0.25) is 0 Å². The summed E-state index contributed by atoms with van der Waals surface area (Å²) in [6.45, 7) is 1.93. The molecule has 2 nitrogen and oxygen atoms in total. The molecule has 0 aromatic rings. The Morgan fingerprint density at radius 1 is 1.50 bits per heavy atom. The molecule has 0 amide bonds. The molecule has 0 saturated heterocycles. The van der Waals surface area contributed by atoms with E-state index < -0.39 is 7.12 Å². The van der Waals surface area contributed by atoms with Gasteiger partial charge >= 0.3 is 7.12 Å². The fourth-order valence-electron chi connectivity index (χ4n) is 1.10. The van der Waals surface area contributed by atoms with Crippen LogP contribution in [0.15, 0.2) is 23.2 Å². The topological polar surface area (TPSA) is 40.5 Å². The molecule has 1 aliphatic carbocycles. The van der Waals surface area contributed by atoms with Crippen molar-refractivity contribution in [2.24, 2.45) is 0 Å². The van der Waals surface area contributed by atoms with Gasteiger partial charge in [-0.3, -0.25) is 0 Å². The van der Waals surface area contributed by atoms with Crippen LogP contribution in [0.25, 0.3) is 0 Å². The van der Waals surface area contributed by atoms with E-state index >= 15 is 0 Å². The minimum Gasteiger partial charge on any atom is -0.423 e. The molecule has 10 heavy (non-hydrogen) atoms. The van der Waals surface area contributed by atoms with Gasteiger partial charge in [0.1, 0.15) is 0 Å². The predicted molar refractivity (Wildman–Crippen MR) is 41.3 cm³/mol. The molecule has 0 aliphatic heterocycles. The van der Waals surface area contributed by atoms with Gasteiger partial charge in [-0.2, -0.15) is 0 Å². The maximum absolute atomic E-state index is 8.79. The van der Waals surface area contributed by atoms with Crippen molar-refractivity contribution in [3.8, 4) is 0 Å². The first-order chi connectivity index (χ1) is 4.72. The average Bonchev–Trinajstić information content (AvgIpc) is 1.88. The Bertz CT molecular complexity index is 182. The van der Waals surface area contributed by atoms with E-state index in [2.05, 4.69) is 0 Å². The highest BCUT2D eigenvalue weighted by atomic mass is 16.4. The summed E-state index contributed by atoms with van der Waals surface area (Å²) in [5.74, 6) is 0. The van der Waals surface area contributed by atoms with Gasteiger partial charge in [-0.25, -0.2) is 0 Å². The van der Waals surface area contributed by atoms with Crippen molar-refractivity contribution < 1.29 is 10.0 Å². The first kappa shape index (κ1) is 7.57. The third-order valence-electron chi connectivity index (χ3n) is 1.75. The SMILES string of the molecule is CC1=C(B(O)O)C=CCC1. The molecule has 1 rings (SSSR count). The summed E-state index contributed by atoms with van der Waals surface area (Å²) < 4.78 is 0. The van der Waals surface area contributed by atoms with Crippen LogP contribution in [-0.4, -0.2) is 17.2 Å². The van der Waals surface area contributed by atoms with Gasteiger partial charge in [0.25, 0.3) is 0 Å². The van der Waals surface area contributed by atoms with Gasteiger partial charge in [0, 0.05) is 0 Å². The van der Waals surface area contributed by atoms with E-state index in [0.717, 1.165) is 18.4 Å². The molecule has 0 radical (unpaired) electrons. The summed E-state index contributed by atoms with van der Waals surface area (Å²) in [7, 11) is -1.29. The molecular weight excluding hydrogens is 127 g/mol. The highest BCUT2D eigenvalue weighted by molar-refractivity contribution is 6.52. The van der Waals surface area contributed by atoms with Crippen molar-refractivity contribution in [1.82, 2.24) is 0 Å². The molecule has 0 bridgehead atoms. The normalized spacial score (nSPS) is 17.9. The zero-order chi connectivity index (χ0) is 7.56. The average molecular weight is 138 g/mol. The lowest BCUT2D eigenvalue weighted by molar-refractivity contribution is 0.419. The molecule has 0 saturated carbocycles. The minimum absolute atomic E-state index is 0.659. The zero-order valence-corrected chi connectivity index (χ0v) is 6.04. The fourth-order valence-corrected chi connectivity index (χ4v) is 1.10. The van der Waals surface area contributed by atoms with Gasteiger partial charge in [-0.05, 0) is 25.2 Å². The molecule has 0 spiro atoms. The molecule has 0 aromatic carbocycles. The number of allylic oxidation sites excluding steroid dienone is 4. The maximum Gasteiger partial charge on any atom is 0.488 e. The third-order valence-corrected chi connectivity index (χ3v) is 1.75. The predicted octanol–water partition coefficient (Wildman–Crippen LogP) is 0.665. The van der Waals surface area contributed by atoms with Crippen LogP contribution in [0.3, 0.4) is 0 Å². The van der Waals surface area contributed by atoms with Gasteiger partial charge in [0.15, 0.2) is 0 Å². The monoisotopic (exact) mass is 138 g/mol. The molecular formula is C7H11BO2. The molecule has 54 valence electrons. The molecule has 1 aliphatic rings. The van der Waals surface area contributed by atoms with Crippen molar-refractivity contribution in [1.29, 1.82) is 0 Å². The second-order valence-corrected chi connectivity index (χ2v) is 2.55. The van der Waals surface area contributed by atoms with Gasteiger partial charge in [0.05, 0.1) is 0 Å². The second-order valence-electron chi connectivity index (χ2n) is 2.55. The summed E-state index contributed by atoms with van der Waals surface area (Å²) in [6.07, 6.45) is 5.71. The lowest BCUT2D eigenvalue weighted by Gasteiger charge is -2.10. The highest BCUT2D eigenvalue weighted by Gasteiger charge is 2.16. The lowest BCUT2D eigenvalue weighted by atomic mass is 9.74. The minimum atomic E-state index is -1.29. The fraction of sp³-hybridized carbons (Fsp3) is 0.429. The number of hydrogen-bond donors (Lipinski definition) is 2. The number of rotatable bonds is 1. The number of hydrogen-bond acceptors (Lipinski definition) is 2.